The average Bonchev–Trinajstić information content (AvgIpc) is 2.35. The molecule has 1 aromatic heterocycles. The number of likely N-dealkylation sites (tertiary alicyclic amines) is 1. The van der Waals surface area contributed by atoms with Crippen molar-refractivity contribution in [3.8, 4) is 0 Å². The van der Waals surface area contributed by atoms with Crippen LogP contribution in [0.3, 0.4) is 0 Å². The third-order valence-electron chi connectivity index (χ3n) is 2.42. The first kappa shape index (κ1) is 13.2. The number of hydrogen-bond donors (Lipinski definition) is 2. The largest absolute Gasteiger partial charge is 0.384 e. The smallest absolute Gasteiger partial charge is 0.314 e. The van der Waals surface area contributed by atoms with Gasteiger partial charge in [-0.25, -0.2) is 14.2 Å². The second-order valence-electron chi connectivity index (χ2n) is 3.79. The Morgan fingerprint density at radius 1 is 1.29 bits per heavy atom. The summed E-state index contributed by atoms with van der Waals surface area (Å²) in [5, 5.41) is 0. The van der Waals surface area contributed by atoms with Crippen molar-refractivity contribution >= 4 is 11.8 Å². The molecule has 6 heteroatoms. The molecular weight excluding hydrogens is 223 g/mol. The Morgan fingerprint density at radius 3 is 2.29 bits per heavy atom. The molecule has 1 aliphatic heterocycles. The van der Waals surface area contributed by atoms with Crippen molar-refractivity contribution in [1.82, 2.24) is 9.88 Å². The molecule has 1 aliphatic rings. The summed E-state index contributed by atoms with van der Waals surface area (Å²) < 4.78 is 12.0. The summed E-state index contributed by atoms with van der Waals surface area (Å²) in [6.45, 7) is 1.71. The lowest BCUT2D eigenvalue weighted by molar-refractivity contribution is 0.196. The number of anilines is 1. The Morgan fingerprint density at radius 2 is 1.94 bits per heavy atom. The minimum Gasteiger partial charge on any atom is -0.384 e. The number of rotatable bonds is 0. The molecule has 5 nitrogen and oxygen atoms in total. The van der Waals surface area contributed by atoms with Gasteiger partial charge in [-0.05, 0) is 31.4 Å². The van der Waals surface area contributed by atoms with Crippen molar-refractivity contribution in [2.45, 2.75) is 19.3 Å². The number of carbonyl (C=O) groups is 1. The van der Waals surface area contributed by atoms with E-state index in [0.717, 1.165) is 32.1 Å². The fourth-order valence-electron chi connectivity index (χ4n) is 1.50. The second kappa shape index (κ2) is 6.67. The molecule has 0 unspecified atom stereocenters. The van der Waals surface area contributed by atoms with Crippen LogP contribution in [0.4, 0.5) is 15.0 Å². The van der Waals surface area contributed by atoms with E-state index in [-0.39, 0.29) is 11.8 Å². The molecule has 2 heterocycles. The van der Waals surface area contributed by atoms with Gasteiger partial charge < -0.3 is 16.4 Å². The third-order valence-corrected chi connectivity index (χ3v) is 2.42. The maximum absolute atomic E-state index is 12.0. The number of hydrogen-bond acceptors (Lipinski definition) is 3. The lowest BCUT2D eigenvalue weighted by Gasteiger charge is -2.24. The number of carbonyl (C=O) groups excluding carboxylic acids is 1. The molecule has 0 bridgehead atoms. The first-order valence-electron chi connectivity index (χ1n) is 5.51. The molecule has 2 amide bonds. The van der Waals surface area contributed by atoms with Gasteiger partial charge in [0.2, 0.25) is 0 Å². The molecular formula is C11H17FN4O. The number of pyridine rings is 1. The number of nitrogens with zero attached hydrogens (tertiary/aromatic N) is 2. The van der Waals surface area contributed by atoms with Gasteiger partial charge in [0.25, 0.3) is 0 Å². The van der Waals surface area contributed by atoms with Crippen LogP contribution in [0.25, 0.3) is 0 Å². The molecule has 4 N–H and O–H groups in total. The number of aromatic nitrogens is 1. The van der Waals surface area contributed by atoms with Crippen molar-refractivity contribution in [1.29, 1.82) is 0 Å². The molecule has 1 fully saturated rings. The average molecular weight is 240 g/mol. The van der Waals surface area contributed by atoms with Crippen LogP contribution in [0, 0.1) is 5.82 Å². The predicted octanol–water partition coefficient (Wildman–Crippen LogP) is 1.35. The SMILES string of the molecule is NC(=O)N1CCCCC1.Nc1ccc(F)cn1. The van der Waals surface area contributed by atoms with Crippen molar-refractivity contribution < 1.29 is 9.18 Å². The van der Waals surface area contributed by atoms with E-state index in [2.05, 4.69) is 4.98 Å². The third kappa shape index (κ3) is 5.14. The number of nitrogen functional groups attached to an aromatic ring is 1. The second-order valence-corrected chi connectivity index (χ2v) is 3.79. The minimum atomic E-state index is -0.362. The van der Waals surface area contributed by atoms with Gasteiger partial charge in [-0.15, -0.1) is 0 Å². The van der Waals surface area contributed by atoms with Crippen LogP contribution >= 0.6 is 0 Å². The van der Waals surface area contributed by atoms with E-state index in [1.807, 2.05) is 0 Å². The van der Waals surface area contributed by atoms with Crippen LogP contribution in [-0.2, 0) is 0 Å². The maximum Gasteiger partial charge on any atom is 0.314 e. The zero-order valence-electron chi connectivity index (χ0n) is 9.60. The first-order chi connectivity index (χ1) is 8.09. The predicted molar refractivity (Wildman–Crippen MR) is 63.6 cm³/mol. The molecule has 0 atom stereocenters. The topological polar surface area (TPSA) is 85.2 Å². The summed E-state index contributed by atoms with van der Waals surface area (Å²) in [7, 11) is 0. The molecule has 0 aromatic carbocycles. The molecule has 0 spiro atoms. The van der Waals surface area contributed by atoms with Gasteiger partial charge in [-0.1, -0.05) is 0 Å². The number of halogens is 1. The van der Waals surface area contributed by atoms with Crippen LogP contribution in [-0.4, -0.2) is 29.0 Å². The molecule has 1 saturated heterocycles. The van der Waals surface area contributed by atoms with Crippen LogP contribution in [0.5, 0.6) is 0 Å². The Balaban J connectivity index is 0.000000171. The van der Waals surface area contributed by atoms with Crippen LogP contribution in [0.1, 0.15) is 19.3 Å². The molecule has 0 radical (unpaired) electrons. The normalized spacial score (nSPS) is 14.8. The van der Waals surface area contributed by atoms with E-state index in [9.17, 15) is 9.18 Å². The molecule has 94 valence electrons. The van der Waals surface area contributed by atoms with Gasteiger partial charge in [0, 0.05) is 13.1 Å². The number of nitrogens with two attached hydrogens (primary N) is 2. The van der Waals surface area contributed by atoms with Gasteiger partial charge >= 0.3 is 6.03 Å². The van der Waals surface area contributed by atoms with Crippen LogP contribution in [0.15, 0.2) is 18.3 Å². The summed E-state index contributed by atoms with van der Waals surface area (Å²) in [5.74, 6) is -0.0226. The van der Waals surface area contributed by atoms with E-state index >= 15 is 0 Å². The summed E-state index contributed by atoms with van der Waals surface area (Å²) in [4.78, 5) is 15.7. The van der Waals surface area contributed by atoms with Crippen molar-refractivity contribution in [2.24, 2.45) is 5.73 Å². The lowest BCUT2D eigenvalue weighted by atomic mass is 10.1. The highest BCUT2D eigenvalue weighted by Crippen LogP contribution is 2.07. The van der Waals surface area contributed by atoms with Crippen molar-refractivity contribution in [3.05, 3.63) is 24.1 Å². The van der Waals surface area contributed by atoms with Gasteiger partial charge in [0.1, 0.15) is 11.6 Å². The van der Waals surface area contributed by atoms with Gasteiger partial charge in [-0.2, -0.15) is 0 Å². The van der Waals surface area contributed by atoms with Crippen molar-refractivity contribution in [3.63, 3.8) is 0 Å². The van der Waals surface area contributed by atoms with Gasteiger partial charge in [0.15, 0.2) is 0 Å². The summed E-state index contributed by atoms with van der Waals surface area (Å²) in [5.41, 5.74) is 10.2. The van der Waals surface area contributed by atoms with E-state index in [0.29, 0.717) is 5.82 Å². The van der Waals surface area contributed by atoms with Crippen molar-refractivity contribution in [2.75, 3.05) is 18.8 Å². The van der Waals surface area contributed by atoms with E-state index in [4.69, 9.17) is 11.5 Å². The maximum atomic E-state index is 12.0. The zero-order chi connectivity index (χ0) is 12.7. The highest BCUT2D eigenvalue weighted by molar-refractivity contribution is 5.71. The molecule has 1 aromatic rings. The summed E-state index contributed by atoms with van der Waals surface area (Å²) in [6, 6.07) is 2.41. The van der Waals surface area contributed by atoms with Crippen LogP contribution in [0.2, 0.25) is 0 Å². The number of piperidine rings is 1. The van der Waals surface area contributed by atoms with E-state index in [1.165, 1.54) is 18.6 Å². The van der Waals surface area contributed by atoms with E-state index < -0.39 is 0 Å². The Bertz CT molecular complexity index is 328. The molecule has 0 aliphatic carbocycles. The number of amides is 2. The fourth-order valence-corrected chi connectivity index (χ4v) is 1.50. The summed E-state index contributed by atoms with van der Waals surface area (Å²) in [6.07, 6.45) is 4.55. The highest BCUT2D eigenvalue weighted by atomic mass is 19.1. The first-order valence-corrected chi connectivity index (χ1v) is 5.51. The molecule has 0 saturated carbocycles. The lowest BCUT2D eigenvalue weighted by Crippen LogP contribution is -2.39. The number of urea groups is 1. The summed E-state index contributed by atoms with van der Waals surface area (Å²) >= 11 is 0. The quantitative estimate of drug-likeness (QED) is 0.717. The van der Waals surface area contributed by atoms with Gasteiger partial charge in [0.05, 0.1) is 6.20 Å². The minimum absolute atomic E-state index is 0.269. The Hall–Kier alpha value is -1.85. The Labute approximate surface area is 99.6 Å². The Kier molecular flexibility index (Phi) is 5.19. The van der Waals surface area contributed by atoms with Crippen LogP contribution < -0.4 is 11.5 Å². The monoisotopic (exact) mass is 240 g/mol. The van der Waals surface area contributed by atoms with Gasteiger partial charge in [-0.3, -0.25) is 0 Å². The standard InChI is InChI=1S/C6H12N2O.C5H5FN2/c7-6(9)8-4-2-1-3-5-8;6-4-1-2-5(7)8-3-4/h1-5H2,(H2,7,9);1-3H,(H2,7,8). The fraction of sp³-hybridized carbons (Fsp3) is 0.455. The molecule has 17 heavy (non-hydrogen) atoms. The van der Waals surface area contributed by atoms with E-state index in [1.54, 1.807) is 4.90 Å². The highest BCUT2D eigenvalue weighted by Gasteiger charge is 2.11. The zero-order valence-corrected chi connectivity index (χ0v) is 9.60. The number of primary amides is 1. The molecule has 2 rings (SSSR count).